The van der Waals surface area contributed by atoms with E-state index in [0.717, 1.165) is 19.4 Å². The van der Waals surface area contributed by atoms with Gasteiger partial charge in [-0.25, -0.2) is 4.79 Å². The van der Waals surface area contributed by atoms with Crippen molar-refractivity contribution in [3.05, 3.63) is 0 Å². The second-order valence-electron chi connectivity index (χ2n) is 3.86. The van der Waals surface area contributed by atoms with Crippen LogP contribution in [-0.4, -0.2) is 42.3 Å². The highest BCUT2D eigenvalue weighted by atomic mass is 16.4. The van der Waals surface area contributed by atoms with Crippen LogP contribution in [0.4, 0.5) is 4.79 Å². The number of rotatable bonds is 5. The number of nitrogens with zero attached hydrogens (tertiary/aromatic N) is 1. The lowest BCUT2D eigenvalue weighted by molar-refractivity contribution is 0.105. The molecule has 0 bridgehead atoms. The van der Waals surface area contributed by atoms with Crippen LogP contribution in [-0.2, 0) is 0 Å². The molecule has 0 atom stereocenters. The first-order chi connectivity index (χ1) is 5.91. The van der Waals surface area contributed by atoms with Gasteiger partial charge >= 0.3 is 6.09 Å². The Hall–Kier alpha value is -0.770. The van der Waals surface area contributed by atoms with Crippen LogP contribution in [0, 0.1) is 0 Å². The van der Waals surface area contributed by atoms with Gasteiger partial charge in [-0.3, -0.25) is 0 Å². The molecule has 4 nitrogen and oxygen atoms in total. The van der Waals surface area contributed by atoms with Gasteiger partial charge in [-0.1, -0.05) is 0 Å². The van der Waals surface area contributed by atoms with Gasteiger partial charge in [0.2, 0.25) is 0 Å². The maximum Gasteiger partial charge on any atom is 0.407 e. The zero-order chi connectivity index (χ0) is 10.5. The van der Waals surface area contributed by atoms with Gasteiger partial charge in [0.25, 0.3) is 0 Å². The fourth-order valence-corrected chi connectivity index (χ4v) is 1.12. The summed E-state index contributed by atoms with van der Waals surface area (Å²) in [5, 5.41) is 11.8. The molecule has 0 aromatic rings. The smallest absolute Gasteiger partial charge is 0.407 e. The minimum Gasteiger partial charge on any atom is -0.465 e. The first-order valence-corrected chi connectivity index (χ1v) is 4.53. The van der Waals surface area contributed by atoms with Gasteiger partial charge in [0.1, 0.15) is 0 Å². The lowest BCUT2D eigenvalue weighted by Gasteiger charge is -2.33. The highest BCUT2D eigenvalue weighted by Crippen LogP contribution is 2.18. The standard InChI is InChI=1S/C9H20N2O2/c1-9(2,6-5-7-10-3)11(4)8(12)13/h10H,5-7H2,1-4H3,(H,12,13). The molecule has 0 fully saturated rings. The summed E-state index contributed by atoms with van der Waals surface area (Å²) in [5.41, 5.74) is -0.275. The van der Waals surface area contributed by atoms with Crippen LogP contribution < -0.4 is 5.32 Å². The second-order valence-corrected chi connectivity index (χ2v) is 3.86. The summed E-state index contributed by atoms with van der Waals surface area (Å²) in [6.45, 7) is 4.81. The minimum atomic E-state index is -0.866. The number of hydrogen-bond acceptors (Lipinski definition) is 2. The number of amides is 1. The Kier molecular flexibility index (Phi) is 4.77. The molecule has 0 saturated carbocycles. The topological polar surface area (TPSA) is 52.6 Å². The van der Waals surface area contributed by atoms with E-state index in [0.29, 0.717) is 0 Å². The molecule has 0 aliphatic carbocycles. The van der Waals surface area contributed by atoms with E-state index in [1.165, 1.54) is 4.90 Å². The number of carbonyl (C=O) groups is 1. The zero-order valence-corrected chi connectivity index (χ0v) is 8.92. The average Bonchev–Trinajstić information content (AvgIpc) is 2.03. The summed E-state index contributed by atoms with van der Waals surface area (Å²) in [7, 11) is 3.51. The van der Waals surface area contributed by atoms with Crippen molar-refractivity contribution in [2.75, 3.05) is 20.6 Å². The fraction of sp³-hybridized carbons (Fsp3) is 0.889. The molecule has 0 heterocycles. The molecule has 0 aliphatic rings. The van der Waals surface area contributed by atoms with Crippen LogP contribution in [0.1, 0.15) is 26.7 Å². The summed E-state index contributed by atoms with van der Waals surface area (Å²) in [5.74, 6) is 0. The van der Waals surface area contributed by atoms with E-state index >= 15 is 0 Å². The van der Waals surface area contributed by atoms with Crippen LogP contribution >= 0.6 is 0 Å². The molecule has 1 amide bonds. The quantitative estimate of drug-likeness (QED) is 0.641. The third-order valence-electron chi connectivity index (χ3n) is 2.41. The van der Waals surface area contributed by atoms with Crippen molar-refractivity contribution < 1.29 is 9.90 Å². The Morgan fingerprint density at radius 1 is 1.54 bits per heavy atom. The molecule has 0 aromatic heterocycles. The van der Waals surface area contributed by atoms with E-state index < -0.39 is 6.09 Å². The highest BCUT2D eigenvalue weighted by molar-refractivity contribution is 5.65. The predicted octanol–water partition coefficient (Wildman–Crippen LogP) is 1.37. The molecule has 0 aliphatic heterocycles. The van der Waals surface area contributed by atoms with Crippen LogP contribution in [0.15, 0.2) is 0 Å². The normalized spacial score (nSPS) is 11.4. The van der Waals surface area contributed by atoms with E-state index in [1.807, 2.05) is 20.9 Å². The number of nitrogens with one attached hydrogen (secondary N) is 1. The van der Waals surface area contributed by atoms with Gasteiger partial charge in [-0.05, 0) is 40.3 Å². The molecule has 0 radical (unpaired) electrons. The van der Waals surface area contributed by atoms with Gasteiger partial charge in [-0.15, -0.1) is 0 Å². The lowest BCUT2D eigenvalue weighted by Crippen LogP contribution is -2.44. The van der Waals surface area contributed by atoms with Crippen LogP contribution in [0.5, 0.6) is 0 Å². The van der Waals surface area contributed by atoms with Crippen molar-refractivity contribution >= 4 is 6.09 Å². The van der Waals surface area contributed by atoms with E-state index in [2.05, 4.69) is 5.32 Å². The van der Waals surface area contributed by atoms with Gasteiger partial charge < -0.3 is 15.3 Å². The monoisotopic (exact) mass is 188 g/mol. The van der Waals surface area contributed by atoms with E-state index in [9.17, 15) is 4.79 Å². The zero-order valence-electron chi connectivity index (χ0n) is 8.92. The summed E-state index contributed by atoms with van der Waals surface area (Å²) >= 11 is 0. The summed E-state index contributed by atoms with van der Waals surface area (Å²) < 4.78 is 0. The van der Waals surface area contributed by atoms with Gasteiger partial charge in [0, 0.05) is 12.6 Å². The Labute approximate surface area is 79.9 Å². The molecule has 0 aromatic carbocycles. The van der Waals surface area contributed by atoms with Crippen molar-refractivity contribution in [3.63, 3.8) is 0 Å². The average molecular weight is 188 g/mol. The third-order valence-corrected chi connectivity index (χ3v) is 2.41. The van der Waals surface area contributed by atoms with Crippen LogP contribution in [0.2, 0.25) is 0 Å². The number of hydrogen-bond donors (Lipinski definition) is 2. The maximum atomic E-state index is 10.7. The van der Waals surface area contributed by atoms with Gasteiger partial charge in [-0.2, -0.15) is 0 Å². The van der Waals surface area contributed by atoms with Gasteiger partial charge in [0.15, 0.2) is 0 Å². The molecular formula is C9H20N2O2. The predicted molar refractivity (Wildman–Crippen MR) is 53.0 cm³/mol. The van der Waals surface area contributed by atoms with Crippen molar-refractivity contribution in [1.29, 1.82) is 0 Å². The SMILES string of the molecule is CNCCCC(C)(C)N(C)C(=O)O. The molecule has 0 rings (SSSR count). The van der Waals surface area contributed by atoms with Crippen molar-refractivity contribution in [2.45, 2.75) is 32.2 Å². The van der Waals surface area contributed by atoms with Crippen LogP contribution in [0.25, 0.3) is 0 Å². The lowest BCUT2D eigenvalue weighted by atomic mass is 9.97. The molecule has 78 valence electrons. The minimum absolute atomic E-state index is 0.275. The Bertz CT molecular complexity index is 169. The molecule has 2 N–H and O–H groups in total. The third kappa shape index (κ3) is 4.12. The Morgan fingerprint density at radius 2 is 2.08 bits per heavy atom. The molecule has 0 unspecified atom stereocenters. The summed E-state index contributed by atoms with van der Waals surface area (Å²) in [6.07, 6.45) is 0.993. The first-order valence-electron chi connectivity index (χ1n) is 4.53. The van der Waals surface area contributed by atoms with Crippen molar-refractivity contribution in [1.82, 2.24) is 10.2 Å². The molecule has 13 heavy (non-hydrogen) atoms. The first kappa shape index (κ1) is 12.2. The Morgan fingerprint density at radius 3 is 2.46 bits per heavy atom. The fourth-order valence-electron chi connectivity index (χ4n) is 1.12. The van der Waals surface area contributed by atoms with Crippen molar-refractivity contribution in [2.24, 2.45) is 0 Å². The van der Waals surface area contributed by atoms with Crippen LogP contribution in [0.3, 0.4) is 0 Å². The molecule has 0 spiro atoms. The molecular weight excluding hydrogens is 168 g/mol. The Balaban J connectivity index is 3.98. The second kappa shape index (κ2) is 5.07. The van der Waals surface area contributed by atoms with E-state index in [-0.39, 0.29) is 5.54 Å². The number of carboxylic acid groups (broad SMARTS) is 1. The van der Waals surface area contributed by atoms with Gasteiger partial charge in [0.05, 0.1) is 0 Å². The highest BCUT2D eigenvalue weighted by Gasteiger charge is 2.26. The van der Waals surface area contributed by atoms with Crippen molar-refractivity contribution in [3.8, 4) is 0 Å². The molecule has 4 heteroatoms. The van der Waals surface area contributed by atoms with E-state index in [4.69, 9.17) is 5.11 Å². The largest absolute Gasteiger partial charge is 0.465 e. The molecule has 0 saturated heterocycles. The van der Waals surface area contributed by atoms with E-state index in [1.54, 1.807) is 7.05 Å². The summed E-state index contributed by atoms with van der Waals surface area (Å²) in [6, 6.07) is 0. The maximum absolute atomic E-state index is 10.7. The summed E-state index contributed by atoms with van der Waals surface area (Å²) in [4.78, 5) is 12.1.